The van der Waals surface area contributed by atoms with Crippen LogP contribution in [0.15, 0.2) is 0 Å². The van der Waals surface area contributed by atoms with Gasteiger partial charge in [0.15, 0.2) is 0 Å². The van der Waals surface area contributed by atoms with Gasteiger partial charge in [-0.15, -0.1) is 0 Å². The van der Waals surface area contributed by atoms with E-state index in [0.29, 0.717) is 6.10 Å². The summed E-state index contributed by atoms with van der Waals surface area (Å²) in [6.45, 7) is 3.43. The van der Waals surface area contributed by atoms with Crippen LogP contribution in [0.3, 0.4) is 0 Å². The second-order valence-corrected chi connectivity index (χ2v) is 6.40. The van der Waals surface area contributed by atoms with Gasteiger partial charge in [0, 0.05) is 6.61 Å². The molecule has 2 rings (SSSR count). The molecule has 0 saturated heterocycles. The predicted octanol–water partition coefficient (Wildman–Crippen LogP) is 4.94. The van der Waals surface area contributed by atoms with Gasteiger partial charge in [0.1, 0.15) is 0 Å². The summed E-state index contributed by atoms with van der Waals surface area (Å²) < 4.78 is 6.00. The Morgan fingerprint density at radius 3 is 2.29 bits per heavy atom. The predicted molar refractivity (Wildman–Crippen MR) is 73.2 cm³/mol. The third-order valence-corrected chi connectivity index (χ3v) is 4.80. The van der Waals surface area contributed by atoms with E-state index in [9.17, 15) is 0 Å². The highest BCUT2D eigenvalue weighted by Gasteiger charge is 2.18. The fourth-order valence-electron chi connectivity index (χ4n) is 3.47. The Hall–Kier alpha value is -0.0400. The van der Waals surface area contributed by atoms with E-state index < -0.39 is 0 Å². The van der Waals surface area contributed by atoms with E-state index in [-0.39, 0.29) is 0 Å². The molecule has 0 aliphatic heterocycles. The molecule has 1 heteroatoms. The molecule has 0 aromatic carbocycles. The van der Waals surface area contributed by atoms with E-state index >= 15 is 0 Å². The molecule has 0 aromatic heterocycles. The lowest BCUT2D eigenvalue weighted by molar-refractivity contribution is 0.0241. The average molecular weight is 238 g/mol. The Bertz CT molecular complexity index is 188. The van der Waals surface area contributed by atoms with E-state index in [2.05, 4.69) is 6.92 Å². The lowest BCUT2D eigenvalue weighted by Gasteiger charge is -2.26. The maximum Gasteiger partial charge on any atom is 0.0575 e. The third kappa shape index (κ3) is 4.99. The molecule has 2 aliphatic rings. The molecule has 0 aromatic rings. The van der Waals surface area contributed by atoms with Crippen LogP contribution in [0.1, 0.15) is 77.6 Å². The Morgan fingerprint density at radius 1 is 0.882 bits per heavy atom. The van der Waals surface area contributed by atoms with Crippen LogP contribution in [0.25, 0.3) is 0 Å². The minimum atomic E-state index is 0.607. The van der Waals surface area contributed by atoms with Crippen molar-refractivity contribution in [2.45, 2.75) is 83.7 Å². The summed E-state index contributed by atoms with van der Waals surface area (Å²) in [6, 6.07) is 0. The molecular weight excluding hydrogens is 208 g/mol. The molecule has 17 heavy (non-hydrogen) atoms. The number of ether oxygens (including phenoxy) is 1. The molecule has 0 amide bonds. The number of rotatable bonds is 5. The maximum atomic E-state index is 6.00. The standard InChI is InChI=1S/C16H30O/c1-14-9-11-15(12-10-14)6-5-13-17-16-7-3-2-4-8-16/h14-16H,2-13H2,1H3. The zero-order chi connectivity index (χ0) is 11.9. The van der Waals surface area contributed by atoms with Gasteiger partial charge in [-0.25, -0.2) is 0 Å². The van der Waals surface area contributed by atoms with Crippen molar-refractivity contribution in [3.63, 3.8) is 0 Å². The molecule has 2 aliphatic carbocycles. The van der Waals surface area contributed by atoms with E-state index in [1.807, 2.05) is 0 Å². The first kappa shape index (κ1) is 13.4. The van der Waals surface area contributed by atoms with Crippen molar-refractivity contribution in [2.75, 3.05) is 6.61 Å². The van der Waals surface area contributed by atoms with Gasteiger partial charge in [-0.1, -0.05) is 51.9 Å². The summed E-state index contributed by atoms with van der Waals surface area (Å²) in [4.78, 5) is 0. The van der Waals surface area contributed by atoms with Crippen LogP contribution in [0.2, 0.25) is 0 Å². The SMILES string of the molecule is CC1CCC(CCCOC2CCCCC2)CC1. The first-order valence-corrected chi connectivity index (χ1v) is 7.96. The van der Waals surface area contributed by atoms with Crippen molar-refractivity contribution in [1.29, 1.82) is 0 Å². The lowest BCUT2D eigenvalue weighted by atomic mass is 9.81. The number of hydrogen-bond donors (Lipinski definition) is 0. The maximum absolute atomic E-state index is 6.00. The topological polar surface area (TPSA) is 9.23 Å². The second kappa shape index (κ2) is 7.41. The minimum absolute atomic E-state index is 0.607. The summed E-state index contributed by atoms with van der Waals surface area (Å²) in [7, 11) is 0. The summed E-state index contributed by atoms with van der Waals surface area (Å²) in [5, 5.41) is 0. The summed E-state index contributed by atoms with van der Waals surface area (Å²) in [5.41, 5.74) is 0. The van der Waals surface area contributed by atoms with Gasteiger partial charge < -0.3 is 4.74 Å². The van der Waals surface area contributed by atoms with Crippen LogP contribution in [-0.4, -0.2) is 12.7 Å². The molecule has 1 nitrogen and oxygen atoms in total. The van der Waals surface area contributed by atoms with Crippen LogP contribution in [0, 0.1) is 11.8 Å². The third-order valence-electron chi connectivity index (χ3n) is 4.80. The van der Waals surface area contributed by atoms with Gasteiger partial charge in [-0.2, -0.15) is 0 Å². The second-order valence-electron chi connectivity index (χ2n) is 6.40. The Balaban J connectivity index is 1.48. The van der Waals surface area contributed by atoms with E-state index in [0.717, 1.165) is 18.4 Å². The fraction of sp³-hybridized carbons (Fsp3) is 1.00. The van der Waals surface area contributed by atoms with Crippen molar-refractivity contribution in [2.24, 2.45) is 11.8 Å². The van der Waals surface area contributed by atoms with Crippen LogP contribution in [0.4, 0.5) is 0 Å². The molecule has 0 heterocycles. The fourth-order valence-corrected chi connectivity index (χ4v) is 3.47. The quantitative estimate of drug-likeness (QED) is 0.616. The normalized spacial score (nSPS) is 31.6. The average Bonchev–Trinajstić information content (AvgIpc) is 2.38. The van der Waals surface area contributed by atoms with Crippen molar-refractivity contribution in [3.8, 4) is 0 Å². The zero-order valence-electron chi connectivity index (χ0n) is 11.6. The van der Waals surface area contributed by atoms with Gasteiger partial charge in [0.05, 0.1) is 6.10 Å². The molecule has 0 spiro atoms. The van der Waals surface area contributed by atoms with Gasteiger partial charge >= 0.3 is 0 Å². The summed E-state index contributed by atoms with van der Waals surface area (Å²) in [6.07, 6.45) is 16.1. The van der Waals surface area contributed by atoms with Crippen LogP contribution in [0.5, 0.6) is 0 Å². The number of hydrogen-bond acceptors (Lipinski definition) is 1. The van der Waals surface area contributed by atoms with Gasteiger partial charge in [0.2, 0.25) is 0 Å². The molecule has 0 unspecified atom stereocenters. The largest absolute Gasteiger partial charge is 0.378 e. The molecule has 0 bridgehead atoms. The lowest BCUT2D eigenvalue weighted by Crippen LogP contribution is -2.18. The van der Waals surface area contributed by atoms with Gasteiger partial charge in [-0.3, -0.25) is 0 Å². The van der Waals surface area contributed by atoms with Crippen molar-refractivity contribution >= 4 is 0 Å². The first-order valence-electron chi connectivity index (χ1n) is 7.96. The first-order chi connectivity index (χ1) is 8.34. The zero-order valence-corrected chi connectivity index (χ0v) is 11.6. The molecule has 2 fully saturated rings. The van der Waals surface area contributed by atoms with E-state index in [4.69, 9.17) is 4.74 Å². The van der Waals surface area contributed by atoms with Crippen LogP contribution < -0.4 is 0 Å². The highest BCUT2D eigenvalue weighted by Crippen LogP contribution is 2.31. The molecule has 100 valence electrons. The highest BCUT2D eigenvalue weighted by atomic mass is 16.5. The molecular formula is C16H30O. The summed E-state index contributed by atoms with van der Waals surface area (Å²) >= 11 is 0. The molecule has 0 radical (unpaired) electrons. The van der Waals surface area contributed by atoms with Gasteiger partial charge in [-0.05, 0) is 37.5 Å². The molecule has 0 N–H and O–H groups in total. The Labute approximate surface area is 107 Å². The summed E-state index contributed by atoms with van der Waals surface area (Å²) in [5.74, 6) is 2.01. The molecule has 0 atom stereocenters. The van der Waals surface area contributed by atoms with Crippen molar-refractivity contribution in [3.05, 3.63) is 0 Å². The van der Waals surface area contributed by atoms with Crippen LogP contribution in [-0.2, 0) is 4.74 Å². The van der Waals surface area contributed by atoms with Crippen molar-refractivity contribution < 1.29 is 4.74 Å². The Morgan fingerprint density at radius 2 is 1.59 bits per heavy atom. The minimum Gasteiger partial charge on any atom is -0.378 e. The smallest absolute Gasteiger partial charge is 0.0575 e. The highest BCUT2D eigenvalue weighted by molar-refractivity contribution is 4.70. The monoisotopic (exact) mass is 238 g/mol. The van der Waals surface area contributed by atoms with Crippen LogP contribution >= 0.6 is 0 Å². The Kier molecular flexibility index (Phi) is 5.84. The van der Waals surface area contributed by atoms with Gasteiger partial charge in [0.25, 0.3) is 0 Å². The van der Waals surface area contributed by atoms with E-state index in [1.165, 1.54) is 70.6 Å². The molecule has 2 saturated carbocycles. The van der Waals surface area contributed by atoms with E-state index in [1.54, 1.807) is 0 Å². The van der Waals surface area contributed by atoms with Crippen molar-refractivity contribution in [1.82, 2.24) is 0 Å².